The number of aromatic nitrogens is 1. The number of nitrogens with two attached hydrogens (primary N) is 1. The molecule has 0 aromatic carbocycles. The highest BCUT2D eigenvalue weighted by atomic mass is 19.3. The largest absolute Gasteiger partial charge is 0.495 e. The molecule has 0 atom stereocenters. The molecule has 0 fully saturated rings. The second kappa shape index (κ2) is 4.28. The van der Waals surface area contributed by atoms with E-state index in [0.717, 1.165) is 6.20 Å². The Hall–Kier alpha value is -1.30. The predicted molar refractivity (Wildman–Crippen MR) is 43.6 cm³/mol. The summed E-state index contributed by atoms with van der Waals surface area (Å²) >= 11 is 0. The first-order chi connectivity index (χ1) is 6.61. The molecule has 0 aliphatic rings. The van der Waals surface area contributed by atoms with Crippen molar-refractivity contribution in [3.8, 4) is 5.75 Å². The van der Waals surface area contributed by atoms with Crippen LogP contribution in [0.15, 0.2) is 6.20 Å². The number of nitrogens with zero attached hydrogens (tertiary/aromatic N) is 1. The average molecular weight is 206 g/mol. The minimum Gasteiger partial charge on any atom is -0.495 e. The first kappa shape index (κ1) is 10.8. The van der Waals surface area contributed by atoms with Gasteiger partial charge in [-0.05, 0) is 0 Å². The number of hydrogen-bond donors (Lipinski definition) is 1. The highest BCUT2D eigenvalue weighted by Gasteiger charge is 2.22. The molecule has 0 aliphatic carbocycles. The summed E-state index contributed by atoms with van der Waals surface area (Å²) < 4.78 is 42.6. The van der Waals surface area contributed by atoms with E-state index in [4.69, 9.17) is 5.73 Å². The third-order valence-corrected chi connectivity index (χ3v) is 1.72. The molecule has 0 spiro atoms. The lowest BCUT2D eigenvalue weighted by Gasteiger charge is -2.10. The molecule has 1 aromatic heterocycles. The third kappa shape index (κ3) is 1.79. The van der Waals surface area contributed by atoms with Crippen LogP contribution in [0.25, 0.3) is 0 Å². The quantitative estimate of drug-likeness (QED) is 0.817. The fourth-order valence-electron chi connectivity index (χ4n) is 1.03. The molecule has 2 N–H and O–H groups in total. The Labute approximate surface area is 78.7 Å². The number of rotatable bonds is 3. The molecule has 14 heavy (non-hydrogen) atoms. The summed E-state index contributed by atoms with van der Waals surface area (Å²) in [5.74, 6) is -1.36. The molecule has 0 bridgehead atoms. The van der Waals surface area contributed by atoms with Gasteiger partial charge in [-0.3, -0.25) is 4.98 Å². The van der Waals surface area contributed by atoms with Gasteiger partial charge in [-0.1, -0.05) is 0 Å². The number of pyridine rings is 1. The Morgan fingerprint density at radius 3 is 2.64 bits per heavy atom. The van der Waals surface area contributed by atoms with Crippen molar-refractivity contribution in [2.75, 3.05) is 7.11 Å². The topological polar surface area (TPSA) is 48.1 Å². The van der Waals surface area contributed by atoms with Crippen molar-refractivity contribution in [1.82, 2.24) is 4.98 Å². The number of hydrogen-bond acceptors (Lipinski definition) is 3. The lowest BCUT2D eigenvalue weighted by Crippen LogP contribution is -2.07. The SMILES string of the molecule is COc1cnc(CN)c(F)c1C(F)F. The monoisotopic (exact) mass is 206 g/mol. The maximum Gasteiger partial charge on any atom is 0.270 e. The van der Waals surface area contributed by atoms with E-state index < -0.39 is 17.8 Å². The number of methoxy groups -OCH3 is 1. The lowest BCUT2D eigenvalue weighted by molar-refractivity contribution is 0.141. The van der Waals surface area contributed by atoms with Crippen molar-refractivity contribution >= 4 is 0 Å². The Morgan fingerprint density at radius 1 is 1.57 bits per heavy atom. The van der Waals surface area contributed by atoms with E-state index in [1.807, 2.05) is 0 Å². The molecule has 0 saturated carbocycles. The van der Waals surface area contributed by atoms with Crippen molar-refractivity contribution in [1.29, 1.82) is 0 Å². The van der Waals surface area contributed by atoms with Crippen LogP contribution < -0.4 is 10.5 Å². The molecule has 6 heteroatoms. The van der Waals surface area contributed by atoms with Crippen molar-refractivity contribution in [2.45, 2.75) is 13.0 Å². The van der Waals surface area contributed by atoms with Gasteiger partial charge >= 0.3 is 0 Å². The summed E-state index contributed by atoms with van der Waals surface area (Å²) in [6.45, 7) is -0.227. The van der Waals surface area contributed by atoms with Crippen molar-refractivity contribution < 1.29 is 17.9 Å². The van der Waals surface area contributed by atoms with Gasteiger partial charge in [0.15, 0.2) is 5.82 Å². The number of alkyl halides is 2. The van der Waals surface area contributed by atoms with E-state index in [0.29, 0.717) is 0 Å². The van der Waals surface area contributed by atoms with E-state index in [9.17, 15) is 13.2 Å². The fraction of sp³-hybridized carbons (Fsp3) is 0.375. The van der Waals surface area contributed by atoms with E-state index in [2.05, 4.69) is 9.72 Å². The van der Waals surface area contributed by atoms with E-state index in [1.54, 1.807) is 0 Å². The smallest absolute Gasteiger partial charge is 0.270 e. The Morgan fingerprint density at radius 2 is 2.21 bits per heavy atom. The van der Waals surface area contributed by atoms with Gasteiger partial charge in [0.2, 0.25) is 0 Å². The predicted octanol–water partition coefficient (Wildman–Crippen LogP) is 1.63. The van der Waals surface area contributed by atoms with Crippen LogP contribution in [0, 0.1) is 5.82 Å². The van der Waals surface area contributed by atoms with Crippen LogP contribution in [-0.2, 0) is 6.54 Å². The zero-order valence-corrected chi connectivity index (χ0v) is 7.43. The van der Waals surface area contributed by atoms with Gasteiger partial charge in [0.1, 0.15) is 5.75 Å². The van der Waals surface area contributed by atoms with Crippen LogP contribution in [0.2, 0.25) is 0 Å². The van der Waals surface area contributed by atoms with Crippen LogP contribution in [0.5, 0.6) is 5.75 Å². The number of ether oxygens (including phenoxy) is 1. The minimum absolute atomic E-state index is 0.193. The second-order valence-corrected chi connectivity index (χ2v) is 2.51. The third-order valence-electron chi connectivity index (χ3n) is 1.72. The van der Waals surface area contributed by atoms with Crippen molar-refractivity contribution in [2.24, 2.45) is 5.73 Å². The average Bonchev–Trinajstić information content (AvgIpc) is 2.16. The summed E-state index contributed by atoms with van der Waals surface area (Å²) in [7, 11) is 1.17. The highest BCUT2D eigenvalue weighted by Crippen LogP contribution is 2.31. The molecule has 1 aromatic rings. The Kier molecular flexibility index (Phi) is 3.29. The van der Waals surface area contributed by atoms with Crippen LogP contribution >= 0.6 is 0 Å². The molecular weight excluding hydrogens is 197 g/mol. The minimum atomic E-state index is -2.95. The van der Waals surface area contributed by atoms with Gasteiger partial charge in [-0.25, -0.2) is 13.2 Å². The van der Waals surface area contributed by atoms with E-state index in [-0.39, 0.29) is 18.0 Å². The van der Waals surface area contributed by atoms with Crippen molar-refractivity contribution in [3.63, 3.8) is 0 Å². The summed E-state index contributed by atoms with van der Waals surface area (Å²) in [4.78, 5) is 3.55. The molecule has 0 amide bonds. The highest BCUT2D eigenvalue weighted by molar-refractivity contribution is 5.35. The summed E-state index contributed by atoms with van der Waals surface area (Å²) in [6.07, 6.45) is -1.91. The summed E-state index contributed by atoms with van der Waals surface area (Å²) in [5.41, 5.74) is 4.14. The van der Waals surface area contributed by atoms with Gasteiger partial charge in [0, 0.05) is 6.54 Å². The molecular formula is C8H9F3N2O. The standard InChI is InChI=1S/C8H9F3N2O/c1-14-5-3-13-4(2-12)7(9)6(5)8(10)11/h3,8H,2,12H2,1H3. The van der Waals surface area contributed by atoms with Gasteiger partial charge in [-0.2, -0.15) is 0 Å². The summed E-state index contributed by atoms with van der Waals surface area (Å²) in [5, 5.41) is 0. The number of halogens is 3. The molecule has 1 heterocycles. The Balaban J connectivity index is 3.31. The molecule has 0 unspecified atom stereocenters. The molecule has 0 aliphatic heterocycles. The zero-order valence-electron chi connectivity index (χ0n) is 7.43. The zero-order chi connectivity index (χ0) is 10.7. The van der Waals surface area contributed by atoms with E-state index in [1.165, 1.54) is 7.11 Å². The maximum atomic E-state index is 13.3. The first-order valence-corrected chi connectivity index (χ1v) is 3.81. The first-order valence-electron chi connectivity index (χ1n) is 3.81. The normalized spacial score (nSPS) is 10.7. The summed E-state index contributed by atoms with van der Waals surface area (Å²) in [6, 6.07) is 0. The van der Waals surface area contributed by atoms with Gasteiger partial charge in [-0.15, -0.1) is 0 Å². The van der Waals surface area contributed by atoms with Gasteiger partial charge in [0.05, 0.1) is 24.6 Å². The van der Waals surface area contributed by atoms with Gasteiger partial charge < -0.3 is 10.5 Å². The Bertz CT molecular complexity index is 331. The van der Waals surface area contributed by atoms with Crippen LogP contribution in [0.1, 0.15) is 17.7 Å². The van der Waals surface area contributed by atoms with Crippen LogP contribution in [0.3, 0.4) is 0 Å². The molecule has 78 valence electrons. The molecule has 3 nitrogen and oxygen atoms in total. The second-order valence-electron chi connectivity index (χ2n) is 2.51. The maximum absolute atomic E-state index is 13.3. The van der Waals surface area contributed by atoms with Crippen LogP contribution in [0.4, 0.5) is 13.2 Å². The molecule has 1 rings (SSSR count). The van der Waals surface area contributed by atoms with Gasteiger partial charge in [0.25, 0.3) is 6.43 Å². The van der Waals surface area contributed by atoms with Crippen molar-refractivity contribution in [3.05, 3.63) is 23.3 Å². The molecule has 0 saturated heterocycles. The van der Waals surface area contributed by atoms with Crippen LogP contribution in [-0.4, -0.2) is 12.1 Å². The molecule has 0 radical (unpaired) electrons. The fourth-order valence-corrected chi connectivity index (χ4v) is 1.03. The van der Waals surface area contributed by atoms with E-state index >= 15 is 0 Å². The lowest BCUT2D eigenvalue weighted by atomic mass is 10.2.